The van der Waals surface area contributed by atoms with Crippen LogP contribution >= 0.6 is 0 Å². The predicted molar refractivity (Wildman–Crippen MR) is 94.0 cm³/mol. The molecule has 122 valence electrons. The van der Waals surface area contributed by atoms with Crippen LogP contribution in [0.5, 0.6) is 0 Å². The van der Waals surface area contributed by atoms with Gasteiger partial charge in [0.25, 0.3) is 0 Å². The summed E-state index contributed by atoms with van der Waals surface area (Å²) in [5, 5.41) is 0. The van der Waals surface area contributed by atoms with E-state index in [1.54, 1.807) is 0 Å². The fourth-order valence-corrected chi connectivity index (χ4v) is 4.56. The molecule has 0 saturated heterocycles. The molecule has 0 aliphatic carbocycles. The van der Waals surface area contributed by atoms with E-state index < -0.39 is 0 Å². The Labute approximate surface area is 130 Å². The molecule has 0 amide bonds. The molecule has 0 bridgehead atoms. The van der Waals surface area contributed by atoms with E-state index in [0.29, 0.717) is 0 Å². The molecule has 0 nitrogen and oxygen atoms in total. The summed E-state index contributed by atoms with van der Waals surface area (Å²) in [5.41, 5.74) is 1.41. The molecule has 0 saturated carbocycles. The topological polar surface area (TPSA) is 0 Å². The van der Waals surface area contributed by atoms with Crippen molar-refractivity contribution in [2.75, 3.05) is 0 Å². The van der Waals surface area contributed by atoms with Gasteiger partial charge in [0, 0.05) is 0 Å². The van der Waals surface area contributed by atoms with Crippen LogP contribution in [-0.4, -0.2) is 0 Å². The van der Waals surface area contributed by atoms with Gasteiger partial charge in [0.2, 0.25) is 0 Å². The maximum Gasteiger partial charge on any atom is -0.0172 e. The summed E-state index contributed by atoms with van der Waals surface area (Å²) < 4.78 is 0. The Morgan fingerprint density at radius 2 is 0.550 bits per heavy atom. The maximum atomic E-state index is 2.51. The van der Waals surface area contributed by atoms with Gasteiger partial charge in [0.15, 0.2) is 0 Å². The molecule has 0 spiro atoms. The molecule has 0 unspecified atom stereocenters. The Balaban J connectivity index is 6.38. The summed E-state index contributed by atoms with van der Waals surface area (Å²) in [6.07, 6.45) is 0. The molecule has 0 rings (SSSR count). The molecule has 20 heavy (non-hydrogen) atoms. The quantitative estimate of drug-likeness (QED) is 0.503. The van der Waals surface area contributed by atoms with Crippen molar-refractivity contribution in [3.05, 3.63) is 0 Å². The second-order valence-corrected chi connectivity index (χ2v) is 11.1. The highest BCUT2D eigenvalue weighted by Crippen LogP contribution is 2.69. The first kappa shape index (κ1) is 20.0. The minimum absolute atomic E-state index is 0.203. The molecule has 0 aromatic carbocycles. The predicted octanol–water partition coefficient (Wildman–Crippen LogP) is 7.18. The molecule has 0 atom stereocenters. The zero-order chi connectivity index (χ0) is 17.0. The first-order chi connectivity index (χ1) is 8.25. The van der Waals surface area contributed by atoms with Crippen LogP contribution in [0.1, 0.15) is 96.9 Å². The van der Waals surface area contributed by atoms with Crippen LogP contribution in [0.15, 0.2) is 0 Å². The van der Waals surface area contributed by atoms with Gasteiger partial charge in [-0.1, -0.05) is 96.9 Å². The SMILES string of the molecule is CC(C)(C)C(C)(C)C(C)(C)C(C)(C(C)(C)C)C(C)(C)C. The zero-order valence-electron chi connectivity index (χ0n) is 17.0. The van der Waals surface area contributed by atoms with Gasteiger partial charge in [-0.3, -0.25) is 0 Å². The van der Waals surface area contributed by atoms with Gasteiger partial charge in [-0.25, -0.2) is 0 Å². The lowest BCUT2D eigenvalue weighted by molar-refractivity contribution is -0.192. The van der Waals surface area contributed by atoms with Crippen LogP contribution in [0.3, 0.4) is 0 Å². The summed E-state index contributed by atoms with van der Waals surface area (Å²) in [7, 11) is 0. The van der Waals surface area contributed by atoms with E-state index >= 15 is 0 Å². The zero-order valence-corrected chi connectivity index (χ0v) is 17.0. The van der Waals surface area contributed by atoms with Gasteiger partial charge < -0.3 is 0 Å². The minimum Gasteiger partial charge on any atom is -0.0596 e. The van der Waals surface area contributed by atoms with Gasteiger partial charge >= 0.3 is 0 Å². The second kappa shape index (κ2) is 4.75. The van der Waals surface area contributed by atoms with Gasteiger partial charge in [0.05, 0.1) is 0 Å². The van der Waals surface area contributed by atoms with E-state index in [0.717, 1.165) is 0 Å². The van der Waals surface area contributed by atoms with Crippen molar-refractivity contribution in [3.8, 4) is 0 Å². The summed E-state index contributed by atoms with van der Waals surface area (Å²) in [6.45, 7) is 34.1. The van der Waals surface area contributed by atoms with E-state index in [1.807, 2.05) is 0 Å². The lowest BCUT2D eigenvalue weighted by Gasteiger charge is -2.67. The van der Waals surface area contributed by atoms with Crippen LogP contribution in [0, 0.1) is 32.5 Å². The Kier molecular flexibility index (Phi) is 4.75. The molecule has 0 fully saturated rings. The van der Waals surface area contributed by atoms with Gasteiger partial charge in [-0.05, 0) is 32.5 Å². The maximum absolute atomic E-state index is 2.51. The molecule has 0 N–H and O–H groups in total. The average molecular weight is 283 g/mol. The van der Waals surface area contributed by atoms with Crippen molar-refractivity contribution in [2.45, 2.75) is 96.9 Å². The van der Waals surface area contributed by atoms with Crippen LogP contribution in [-0.2, 0) is 0 Å². The van der Waals surface area contributed by atoms with Crippen LogP contribution in [0.2, 0.25) is 0 Å². The fraction of sp³-hybridized carbons (Fsp3) is 1.00. The lowest BCUT2D eigenvalue weighted by atomic mass is 9.37. The average Bonchev–Trinajstić information content (AvgIpc) is 2.10. The molecule has 0 aliphatic rings. The standard InChI is InChI=1S/C20H42/c1-15(2,3)18(10,11)19(12,13)20(14,16(4,5)6)17(7,8)9/h1-14H3. The third kappa shape index (κ3) is 2.57. The molecular formula is C20H42. The minimum atomic E-state index is 0.203. The molecular weight excluding hydrogens is 240 g/mol. The van der Waals surface area contributed by atoms with Crippen LogP contribution in [0.4, 0.5) is 0 Å². The Bertz CT molecular complexity index is 320. The van der Waals surface area contributed by atoms with Gasteiger partial charge in [-0.15, -0.1) is 0 Å². The lowest BCUT2D eigenvalue weighted by Crippen LogP contribution is -2.61. The molecule has 0 heterocycles. The highest BCUT2D eigenvalue weighted by molar-refractivity contribution is 5.10. The highest BCUT2D eigenvalue weighted by Gasteiger charge is 2.62. The summed E-state index contributed by atoms with van der Waals surface area (Å²) in [4.78, 5) is 0. The fourth-order valence-electron chi connectivity index (χ4n) is 4.56. The number of rotatable bonds is 2. The van der Waals surface area contributed by atoms with Gasteiger partial charge in [-0.2, -0.15) is 0 Å². The largest absolute Gasteiger partial charge is 0.0596 e. The third-order valence-corrected chi connectivity index (χ3v) is 7.69. The van der Waals surface area contributed by atoms with E-state index in [2.05, 4.69) is 96.9 Å². The van der Waals surface area contributed by atoms with Crippen molar-refractivity contribution in [1.29, 1.82) is 0 Å². The monoisotopic (exact) mass is 282 g/mol. The smallest absolute Gasteiger partial charge is 0.0172 e. The van der Waals surface area contributed by atoms with Crippen molar-refractivity contribution < 1.29 is 0 Å². The van der Waals surface area contributed by atoms with E-state index in [9.17, 15) is 0 Å². The molecule has 0 heteroatoms. The summed E-state index contributed by atoms with van der Waals surface area (Å²) >= 11 is 0. The third-order valence-electron chi connectivity index (χ3n) is 7.69. The van der Waals surface area contributed by atoms with Crippen molar-refractivity contribution >= 4 is 0 Å². The Morgan fingerprint density at radius 1 is 0.300 bits per heavy atom. The first-order valence-corrected chi connectivity index (χ1v) is 8.25. The van der Waals surface area contributed by atoms with E-state index in [-0.39, 0.29) is 32.5 Å². The van der Waals surface area contributed by atoms with Crippen molar-refractivity contribution in [2.24, 2.45) is 32.5 Å². The van der Waals surface area contributed by atoms with Crippen molar-refractivity contribution in [1.82, 2.24) is 0 Å². The molecule has 0 radical (unpaired) electrons. The molecule has 0 aromatic rings. The van der Waals surface area contributed by atoms with E-state index in [1.165, 1.54) is 0 Å². The van der Waals surface area contributed by atoms with Crippen LogP contribution in [0.25, 0.3) is 0 Å². The highest BCUT2D eigenvalue weighted by atomic mass is 14.7. The normalized spacial score (nSPS) is 16.5. The first-order valence-electron chi connectivity index (χ1n) is 8.25. The Hall–Kier alpha value is 0. The number of hydrogen-bond donors (Lipinski definition) is 0. The van der Waals surface area contributed by atoms with Crippen LogP contribution < -0.4 is 0 Å². The second-order valence-electron chi connectivity index (χ2n) is 11.1. The number of hydrogen-bond acceptors (Lipinski definition) is 0. The van der Waals surface area contributed by atoms with E-state index in [4.69, 9.17) is 0 Å². The Morgan fingerprint density at radius 3 is 0.700 bits per heavy atom. The summed E-state index contributed by atoms with van der Waals surface area (Å²) in [5.74, 6) is 0. The van der Waals surface area contributed by atoms with Crippen molar-refractivity contribution in [3.63, 3.8) is 0 Å². The molecule has 0 aromatic heterocycles. The van der Waals surface area contributed by atoms with Gasteiger partial charge in [0.1, 0.15) is 0 Å². The molecule has 0 aliphatic heterocycles. The summed E-state index contributed by atoms with van der Waals surface area (Å²) in [6, 6.07) is 0.